The first-order valence-electron chi connectivity index (χ1n) is 24.0. The molecule has 5 N–H and O–H groups in total. The molecule has 2 amide bonds. The molecule has 0 saturated heterocycles. The van der Waals surface area contributed by atoms with Crippen LogP contribution in [0.5, 0.6) is 0 Å². The number of carbonyl (C=O) groups is 2. The normalized spacial score (nSPS) is 12.3. The Labute approximate surface area is 417 Å². The first-order chi connectivity index (χ1) is 35.2. The zero-order chi connectivity index (χ0) is 51.4. The summed E-state index contributed by atoms with van der Waals surface area (Å²) in [4.78, 5) is 38.3. The molecule has 72 heavy (non-hydrogen) atoms. The Morgan fingerprint density at radius 2 is 1.10 bits per heavy atom. The van der Waals surface area contributed by atoms with Gasteiger partial charge in [-0.1, -0.05) is 6.92 Å². The summed E-state index contributed by atoms with van der Waals surface area (Å²) in [7, 11) is 0. The van der Waals surface area contributed by atoms with Gasteiger partial charge >= 0.3 is 0 Å². The van der Waals surface area contributed by atoms with E-state index in [1.54, 1.807) is 18.5 Å². The number of aromatic nitrogens is 2. The highest BCUT2D eigenvalue weighted by Gasteiger charge is 2.19. The summed E-state index contributed by atoms with van der Waals surface area (Å²) < 4.78 is 108. The summed E-state index contributed by atoms with van der Waals surface area (Å²) in [5.74, 6) is -5.06. The molecule has 1 aliphatic heterocycles. The van der Waals surface area contributed by atoms with Crippen LogP contribution in [0.15, 0.2) is 47.2 Å². The number of ether oxygens (including phenoxy) is 10. The summed E-state index contributed by atoms with van der Waals surface area (Å²) in [5.41, 5.74) is 8.80. The number of nitrogens with one attached hydrogen (secondary N) is 3. The van der Waals surface area contributed by atoms with Crippen LogP contribution in [-0.2, 0) is 63.4 Å². The first kappa shape index (κ1) is 59.4. The van der Waals surface area contributed by atoms with Crippen molar-refractivity contribution >= 4 is 35.2 Å². The molecule has 0 unspecified atom stereocenters. The molecule has 4 rings (SSSR count). The highest BCUT2D eigenvalue weighted by molar-refractivity contribution is 6.05. The average molecular weight is 1020 g/mol. The maximum Gasteiger partial charge on any atom is 0.247 e. The maximum absolute atomic E-state index is 13.6. The van der Waals surface area contributed by atoms with Crippen molar-refractivity contribution in [1.82, 2.24) is 20.6 Å². The molecule has 1 aliphatic rings. The third-order valence-electron chi connectivity index (χ3n) is 10.0. The van der Waals surface area contributed by atoms with Crippen LogP contribution in [0.3, 0.4) is 0 Å². The van der Waals surface area contributed by atoms with Gasteiger partial charge in [0.2, 0.25) is 11.8 Å². The number of rotatable bonds is 41. The number of anilines is 1. The zero-order valence-electron chi connectivity index (χ0n) is 41.0. The quantitative estimate of drug-likeness (QED) is 0.0353. The average Bonchev–Trinajstić information content (AvgIpc) is 3.55. The fraction of sp³-hybridized carbons (Fsp3) is 0.571. The van der Waals surface area contributed by atoms with Crippen LogP contribution in [0.4, 0.5) is 29.1 Å². The smallest absolute Gasteiger partial charge is 0.247 e. The van der Waals surface area contributed by atoms with E-state index in [-0.39, 0.29) is 63.6 Å². The number of hydrogen-bond donors (Lipinski definition) is 4. The van der Waals surface area contributed by atoms with E-state index in [2.05, 4.69) is 30.9 Å². The number of carbonyl (C=O) groups excluding carboxylic acids is 2. The van der Waals surface area contributed by atoms with Crippen molar-refractivity contribution in [3.63, 3.8) is 0 Å². The van der Waals surface area contributed by atoms with Gasteiger partial charge < -0.3 is 69.1 Å². The Morgan fingerprint density at radius 1 is 0.597 bits per heavy atom. The van der Waals surface area contributed by atoms with Crippen molar-refractivity contribution in [1.29, 1.82) is 0 Å². The number of nitrogens with zero attached hydrogens (tertiary/aromatic N) is 3. The minimum atomic E-state index is -1.45. The molecule has 19 nitrogen and oxygen atoms in total. The van der Waals surface area contributed by atoms with E-state index in [1.807, 2.05) is 25.1 Å². The van der Waals surface area contributed by atoms with Gasteiger partial charge in [0.25, 0.3) is 0 Å². The van der Waals surface area contributed by atoms with E-state index >= 15 is 0 Å². The monoisotopic (exact) mass is 1020 g/mol. The molecule has 3 aromatic rings. The molecule has 0 fully saturated rings. The van der Waals surface area contributed by atoms with Crippen LogP contribution in [0.25, 0.3) is 17.2 Å². The Kier molecular flexibility index (Phi) is 30.2. The van der Waals surface area contributed by atoms with Gasteiger partial charge in [-0.2, -0.15) is 0 Å². The van der Waals surface area contributed by atoms with Crippen LogP contribution in [0.2, 0.25) is 0 Å². The Bertz CT molecular complexity index is 2080. The predicted octanol–water partition coefficient (Wildman–Crippen LogP) is 4.33. The molecule has 1 aromatic carbocycles. The molecule has 0 spiro atoms. The van der Waals surface area contributed by atoms with Crippen LogP contribution < -0.4 is 21.7 Å². The molecule has 0 saturated carbocycles. The number of fused-ring (bicyclic) bond motifs is 1. The molecule has 0 aliphatic carbocycles. The standard InChI is InChI=1S/C49H69F4N7O12/c1-2-6-58-49(62)37-30-42-43(60-44(54)32-37)31-38(35-59-42)36-3-7-55-45(33-36)56-8-9-57-46(61)5-11-64-13-15-66-17-19-68-21-23-70-25-27-72-29-28-71-26-24-69-22-20-67-18-16-65-14-12-63-10-4-39-47(52)40(50)34-41(51)48(39)53/h3,7,30-31,33-35H,2,4-6,8-29,32H2,1H3,(H2,54,60)(H,55,56)(H,57,61)(H,58,62). The van der Waals surface area contributed by atoms with Crippen molar-refractivity contribution in [3.8, 4) is 11.1 Å². The van der Waals surface area contributed by atoms with Crippen LogP contribution in [-0.4, -0.2) is 179 Å². The van der Waals surface area contributed by atoms with Crippen LogP contribution >= 0.6 is 0 Å². The Morgan fingerprint density at radius 3 is 1.61 bits per heavy atom. The number of amides is 2. The molecule has 2 aromatic heterocycles. The van der Waals surface area contributed by atoms with Gasteiger partial charge in [0, 0.05) is 74.1 Å². The fourth-order valence-electron chi connectivity index (χ4n) is 6.38. The van der Waals surface area contributed by atoms with Crippen LogP contribution in [0.1, 0.15) is 37.4 Å². The molecular formula is C49H69F4N7O12. The molecule has 23 heteroatoms. The van der Waals surface area contributed by atoms with Crippen molar-refractivity contribution < 1.29 is 74.5 Å². The zero-order valence-corrected chi connectivity index (χ0v) is 41.0. The summed E-state index contributed by atoms with van der Waals surface area (Å²) in [6.45, 7) is 10.3. The largest absolute Gasteiger partial charge is 0.387 e. The van der Waals surface area contributed by atoms with Gasteiger partial charge in [-0.25, -0.2) is 27.5 Å². The van der Waals surface area contributed by atoms with E-state index < -0.39 is 28.8 Å². The van der Waals surface area contributed by atoms with Crippen LogP contribution in [0, 0.1) is 23.3 Å². The lowest BCUT2D eigenvalue weighted by Gasteiger charge is -2.10. The molecule has 0 atom stereocenters. The third-order valence-corrected chi connectivity index (χ3v) is 10.0. The molecule has 0 bridgehead atoms. The molecule has 0 radical (unpaired) electrons. The molecular weight excluding hydrogens is 955 g/mol. The van der Waals surface area contributed by atoms with Crippen molar-refractivity contribution in [2.75, 3.05) is 157 Å². The number of benzene rings is 1. The minimum Gasteiger partial charge on any atom is -0.387 e. The summed E-state index contributed by atoms with van der Waals surface area (Å²) in [5, 5.41) is 8.97. The predicted molar refractivity (Wildman–Crippen MR) is 259 cm³/mol. The van der Waals surface area contributed by atoms with E-state index in [9.17, 15) is 27.2 Å². The van der Waals surface area contributed by atoms with Gasteiger partial charge in [-0.3, -0.25) is 14.6 Å². The number of aliphatic imine (C=N–C) groups is 1. The number of hydrogen-bond acceptors (Lipinski definition) is 17. The second-order valence-electron chi connectivity index (χ2n) is 15.6. The maximum atomic E-state index is 13.6. The molecule has 400 valence electrons. The van der Waals surface area contributed by atoms with Gasteiger partial charge in [0.1, 0.15) is 11.7 Å². The van der Waals surface area contributed by atoms with E-state index in [1.165, 1.54) is 0 Å². The highest BCUT2D eigenvalue weighted by atomic mass is 19.2. The lowest BCUT2D eigenvalue weighted by molar-refractivity contribution is -0.122. The summed E-state index contributed by atoms with van der Waals surface area (Å²) in [6, 6.07) is 5.80. The third kappa shape index (κ3) is 24.5. The van der Waals surface area contributed by atoms with Crippen molar-refractivity contribution in [2.45, 2.75) is 32.6 Å². The van der Waals surface area contributed by atoms with Crippen molar-refractivity contribution in [2.24, 2.45) is 10.7 Å². The summed E-state index contributed by atoms with van der Waals surface area (Å²) >= 11 is 0. The Balaban J connectivity index is 0.842. The second-order valence-corrected chi connectivity index (χ2v) is 15.6. The van der Waals surface area contributed by atoms with Crippen molar-refractivity contribution in [3.05, 3.63) is 76.8 Å². The lowest BCUT2D eigenvalue weighted by atomic mass is 10.1. The second kappa shape index (κ2) is 36.7. The van der Waals surface area contributed by atoms with Gasteiger partial charge in [-0.05, 0) is 36.3 Å². The van der Waals surface area contributed by atoms with Gasteiger partial charge in [-0.15, -0.1) is 0 Å². The molecule has 3 heterocycles. The highest BCUT2D eigenvalue weighted by Crippen LogP contribution is 2.30. The van der Waals surface area contributed by atoms with E-state index in [0.29, 0.717) is 154 Å². The number of pyridine rings is 2. The van der Waals surface area contributed by atoms with Gasteiger partial charge in [0.05, 0.1) is 144 Å². The SMILES string of the molecule is CCCNC(=O)C1=Cc2ncc(-c3ccnc(NCCNC(=O)CCOCCOCCOCCOCCOCCOCCOCCOCCOCCOCCc4c(F)c(F)cc(F)c4F)c3)cc2N=C(N)C1. The summed E-state index contributed by atoms with van der Waals surface area (Å²) in [6.07, 6.45) is 6.12. The number of halogens is 4. The topological polar surface area (TPSA) is 227 Å². The first-order valence-corrected chi connectivity index (χ1v) is 24.0. The lowest BCUT2D eigenvalue weighted by Crippen LogP contribution is -2.29. The van der Waals surface area contributed by atoms with E-state index in [0.717, 1.165) is 17.5 Å². The number of nitrogens with two attached hydrogens (primary N) is 1. The Hall–Kier alpha value is -5.21. The minimum absolute atomic E-state index is 0.123. The number of amidine groups is 1. The van der Waals surface area contributed by atoms with Gasteiger partial charge in [0.15, 0.2) is 23.3 Å². The van der Waals surface area contributed by atoms with E-state index in [4.69, 9.17) is 53.1 Å². The fourth-order valence-corrected chi connectivity index (χ4v) is 6.38.